The lowest BCUT2D eigenvalue weighted by atomic mass is 10.1. The van der Waals surface area contributed by atoms with Crippen molar-refractivity contribution in [3.05, 3.63) is 34.9 Å². The molecule has 1 rings (SSSR count). The minimum Gasteiger partial charge on any atom is -0.300 e. The SMILES string of the molecule is CC(=O)CCC(=O)c1ccc(Cl)cc1. The average Bonchev–Trinajstić information content (AvgIpc) is 2.15. The van der Waals surface area contributed by atoms with Crippen molar-refractivity contribution in [2.75, 3.05) is 0 Å². The first-order valence-electron chi connectivity index (χ1n) is 4.38. The highest BCUT2D eigenvalue weighted by Crippen LogP contribution is 2.11. The van der Waals surface area contributed by atoms with Gasteiger partial charge in [0.15, 0.2) is 5.78 Å². The molecule has 1 aromatic carbocycles. The number of hydrogen-bond donors (Lipinski definition) is 0. The van der Waals surface area contributed by atoms with Gasteiger partial charge in [0.2, 0.25) is 0 Å². The highest BCUT2D eigenvalue weighted by Gasteiger charge is 2.06. The van der Waals surface area contributed by atoms with Crippen LogP contribution in [-0.4, -0.2) is 11.6 Å². The van der Waals surface area contributed by atoms with Gasteiger partial charge in [-0.05, 0) is 31.2 Å². The number of carbonyl (C=O) groups is 2. The zero-order chi connectivity index (χ0) is 10.6. The Balaban J connectivity index is 2.61. The number of halogens is 1. The van der Waals surface area contributed by atoms with E-state index in [9.17, 15) is 9.59 Å². The Bertz CT molecular complexity index is 341. The maximum Gasteiger partial charge on any atom is 0.163 e. The van der Waals surface area contributed by atoms with Gasteiger partial charge in [-0.25, -0.2) is 0 Å². The normalized spacial score (nSPS) is 9.86. The molecule has 0 radical (unpaired) electrons. The summed E-state index contributed by atoms with van der Waals surface area (Å²) in [5.41, 5.74) is 0.607. The van der Waals surface area contributed by atoms with E-state index in [1.807, 2.05) is 0 Å². The minimum atomic E-state index is -0.0168. The molecule has 0 atom stereocenters. The van der Waals surface area contributed by atoms with Crippen molar-refractivity contribution >= 4 is 23.2 Å². The van der Waals surface area contributed by atoms with E-state index in [1.165, 1.54) is 6.92 Å². The summed E-state index contributed by atoms with van der Waals surface area (Å²) in [5.74, 6) is 0.0178. The fourth-order valence-corrected chi connectivity index (χ4v) is 1.20. The van der Waals surface area contributed by atoms with Crippen LogP contribution in [0.1, 0.15) is 30.1 Å². The molecule has 0 unspecified atom stereocenters. The Morgan fingerprint density at radius 1 is 1.14 bits per heavy atom. The Kier molecular flexibility index (Phi) is 3.84. The maximum absolute atomic E-state index is 11.5. The fourth-order valence-electron chi connectivity index (χ4n) is 1.07. The summed E-state index contributed by atoms with van der Waals surface area (Å²) in [7, 11) is 0. The van der Waals surface area contributed by atoms with Crippen LogP contribution in [0.2, 0.25) is 5.02 Å². The summed E-state index contributed by atoms with van der Waals surface area (Å²) in [4.78, 5) is 22.1. The van der Waals surface area contributed by atoms with Crippen molar-refractivity contribution in [2.45, 2.75) is 19.8 Å². The Morgan fingerprint density at radius 3 is 2.21 bits per heavy atom. The molecule has 0 bridgehead atoms. The fraction of sp³-hybridized carbons (Fsp3) is 0.273. The van der Waals surface area contributed by atoms with Crippen molar-refractivity contribution in [2.24, 2.45) is 0 Å². The molecule has 2 nitrogen and oxygen atoms in total. The topological polar surface area (TPSA) is 34.1 Å². The van der Waals surface area contributed by atoms with E-state index in [4.69, 9.17) is 11.6 Å². The van der Waals surface area contributed by atoms with Gasteiger partial charge in [0.1, 0.15) is 5.78 Å². The molecule has 0 saturated heterocycles. The van der Waals surface area contributed by atoms with E-state index in [1.54, 1.807) is 24.3 Å². The molecule has 0 aliphatic rings. The standard InChI is InChI=1S/C11H11ClO2/c1-8(13)2-7-11(14)9-3-5-10(12)6-4-9/h3-6H,2,7H2,1H3. The van der Waals surface area contributed by atoms with Crippen LogP contribution in [0.5, 0.6) is 0 Å². The second-order valence-electron chi connectivity index (χ2n) is 3.13. The first kappa shape index (κ1) is 10.9. The van der Waals surface area contributed by atoms with Crippen LogP contribution in [0.25, 0.3) is 0 Å². The zero-order valence-corrected chi connectivity index (χ0v) is 8.67. The summed E-state index contributed by atoms with van der Waals surface area (Å²) in [6.45, 7) is 1.48. The van der Waals surface area contributed by atoms with Gasteiger partial charge in [0.05, 0.1) is 0 Å². The highest BCUT2D eigenvalue weighted by molar-refractivity contribution is 6.30. The second kappa shape index (κ2) is 4.91. The second-order valence-corrected chi connectivity index (χ2v) is 3.57. The maximum atomic E-state index is 11.5. The monoisotopic (exact) mass is 210 g/mol. The van der Waals surface area contributed by atoms with E-state index in [0.29, 0.717) is 17.0 Å². The summed E-state index contributed by atoms with van der Waals surface area (Å²) in [5, 5.41) is 0.605. The summed E-state index contributed by atoms with van der Waals surface area (Å²) < 4.78 is 0. The largest absolute Gasteiger partial charge is 0.300 e. The van der Waals surface area contributed by atoms with E-state index in [2.05, 4.69) is 0 Å². The summed E-state index contributed by atoms with van der Waals surface area (Å²) >= 11 is 5.68. The lowest BCUT2D eigenvalue weighted by molar-refractivity contribution is -0.116. The van der Waals surface area contributed by atoms with Crippen molar-refractivity contribution in [3.63, 3.8) is 0 Å². The van der Waals surface area contributed by atoms with Crippen LogP contribution in [-0.2, 0) is 4.79 Å². The van der Waals surface area contributed by atoms with Crippen molar-refractivity contribution in [1.82, 2.24) is 0 Å². The number of benzene rings is 1. The molecular formula is C11H11ClO2. The lowest BCUT2D eigenvalue weighted by Gasteiger charge is -1.99. The molecule has 0 aliphatic heterocycles. The van der Waals surface area contributed by atoms with Gasteiger partial charge >= 0.3 is 0 Å². The molecule has 0 aliphatic carbocycles. The van der Waals surface area contributed by atoms with Gasteiger partial charge in [0, 0.05) is 23.4 Å². The smallest absolute Gasteiger partial charge is 0.163 e. The molecule has 0 saturated carbocycles. The van der Waals surface area contributed by atoms with Gasteiger partial charge in [-0.3, -0.25) is 4.79 Å². The third-order valence-corrected chi connectivity index (χ3v) is 2.12. The van der Waals surface area contributed by atoms with Crippen LogP contribution in [0.15, 0.2) is 24.3 Å². The van der Waals surface area contributed by atoms with Gasteiger partial charge < -0.3 is 4.79 Å². The third-order valence-electron chi connectivity index (χ3n) is 1.87. The van der Waals surface area contributed by atoms with Crippen LogP contribution in [0.3, 0.4) is 0 Å². The molecule has 14 heavy (non-hydrogen) atoms. The van der Waals surface area contributed by atoms with Gasteiger partial charge in [-0.1, -0.05) is 11.6 Å². The predicted octanol–water partition coefficient (Wildman–Crippen LogP) is 2.89. The number of hydrogen-bond acceptors (Lipinski definition) is 2. The van der Waals surface area contributed by atoms with Gasteiger partial charge in [0.25, 0.3) is 0 Å². The first-order chi connectivity index (χ1) is 6.59. The molecule has 0 spiro atoms. The number of carbonyl (C=O) groups excluding carboxylic acids is 2. The number of rotatable bonds is 4. The molecule has 0 fully saturated rings. The van der Waals surface area contributed by atoms with Crippen molar-refractivity contribution in [1.29, 1.82) is 0 Å². The Morgan fingerprint density at radius 2 is 1.71 bits per heavy atom. The third kappa shape index (κ3) is 3.30. The summed E-state index contributed by atoms with van der Waals surface area (Å²) in [6, 6.07) is 6.68. The molecule has 0 aromatic heterocycles. The predicted molar refractivity (Wildman–Crippen MR) is 55.7 cm³/mol. The highest BCUT2D eigenvalue weighted by atomic mass is 35.5. The molecule has 0 amide bonds. The molecule has 3 heteroatoms. The molecule has 1 aromatic rings. The minimum absolute atomic E-state index is 0.0168. The number of Topliss-reactive ketones (excluding diaryl/α,β-unsaturated/α-hetero) is 2. The average molecular weight is 211 g/mol. The van der Waals surface area contributed by atoms with Gasteiger partial charge in [-0.2, -0.15) is 0 Å². The molecule has 0 heterocycles. The van der Waals surface area contributed by atoms with Gasteiger partial charge in [-0.15, -0.1) is 0 Å². The lowest BCUT2D eigenvalue weighted by Crippen LogP contribution is -2.01. The van der Waals surface area contributed by atoms with Crippen LogP contribution in [0.4, 0.5) is 0 Å². The Labute approximate surface area is 87.9 Å². The van der Waals surface area contributed by atoms with Crippen LogP contribution in [0, 0.1) is 0 Å². The zero-order valence-electron chi connectivity index (χ0n) is 7.92. The van der Waals surface area contributed by atoms with E-state index in [-0.39, 0.29) is 18.0 Å². The Hall–Kier alpha value is -1.15. The quantitative estimate of drug-likeness (QED) is 0.717. The first-order valence-corrected chi connectivity index (χ1v) is 4.75. The van der Waals surface area contributed by atoms with E-state index < -0.39 is 0 Å². The van der Waals surface area contributed by atoms with E-state index >= 15 is 0 Å². The van der Waals surface area contributed by atoms with E-state index in [0.717, 1.165) is 0 Å². The van der Waals surface area contributed by atoms with Crippen LogP contribution >= 0.6 is 11.6 Å². The number of ketones is 2. The van der Waals surface area contributed by atoms with Crippen molar-refractivity contribution in [3.8, 4) is 0 Å². The molecule has 0 N–H and O–H groups in total. The van der Waals surface area contributed by atoms with Crippen LogP contribution < -0.4 is 0 Å². The summed E-state index contributed by atoms with van der Waals surface area (Å²) in [6.07, 6.45) is 0.582. The molecular weight excluding hydrogens is 200 g/mol. The molecule has 74 valence electrons. The van der Waals surface area contributed by atoms with Crippen molar-refractivity contribution < 1.29 is 9.59 Å².